The van der Waals surface area contributed by atoms with Gasteiger partial charge in [0.05, 0.1) is 4.88 Å². The van der Waals surface area contributed by atoms with Gasteiger partial charge in [0.15, 0.2) is 11.3 Å². The quantitative estimate of drug-likeness (QED) is 0.774. The molecule has 0 aliphatic rings. The fourth-order valence-corrected chi connectivity index (χ4v) is 2.10. The molecule has 0 atom stereocenters. The number of halogens is 1. The van der Waals surface area contributed by atoms with Gasteiger partial charge in [-0.25, -0.2) is 0 Å². The van der Waals surface area contributed by atoms with Gasteiger partial charge in [0.1, 0.15) is 6.61 Å². The van der Waals surface area contributed by atoms with Gasteiger partial charge in [-0.3, -0.25) is 4.79 Å². The molecule has 0 aliphatic carbocycles. The van der Waals surface area contributed by atoms with Crippen molar-refractivity contribution < 1.29 is 9.53 Å². The highest BCUT2D eigenvalue weighted by Crippen LogP contribution is 2.25. The monoisotopic (exact) mass is 252 g/mol. The first-order valence-electron chi connectivity index (χ1n) is 4.71. The highest BCUT2D eigenvalue weighted by molar-refractivity contribution is 7.15. The average Bonchev–Trinajstić information content (AvgIpc) is 2.76. The molecule has 0 fully saturated rings. The second-order valence-electron chi connectivity index (χ2n) is 3.15. The minimum Gasteiger partial charge on any atom is -0.479 e. The van der Waals surface area contributed by atoms with E-state index in [1.54, 1.807) is 12.1 Å². The van der Waals surface area contributed by atoms with Crippen LogP contribution in [0.15, 0.2) is 36.4 Å². The van der Waals surface area contributed by atoms with Gasteiger partial charge in [-0.2, -0.15) is 0 Å². The minimum atomic E-state index is 0.415. The average molecular weight is 253 g/mol. The Balaban J connectivity index is 2.02. The van der Waals surface area contributed by atoms with E-state index in [1.807, 2.05) is 24.3 Å². The van der Waals surface area contributed by atoms with Gasteiger partial charge in [-0.05, 0) is 18.2 Å². The van der Waals surface area contributed by atoms with Crippen molar-refractivity contribution in [3.05, 3.63) is 51.9 Å². The smallest absolute Gasteiger partial charge is 0.174 e. The Kier molecular flexibility index (Phi) is 3.59. The van der Waals surface area contributed by atoms with Crippen molar-refractivity contribution in [3.63, 3.8) is 0 Å². The van der Waals surface area contributed by atoms with E-state index in [0.29, 0.717) is 16.5 Å². The summed E-state index contributed by atoms with van der Waals surface area (Å²) in [6, 6.07) is 11.0. The third kappa shape index (κ3) is 2.62. The molecule has 2 rings (SSSR count). The lowest BCUT2D eigenvalue weighted by Crippen LogP contribution is -1.94. The first-order valence-corrected chi connectivity index (χ1v) is 5.90. The number of hydrogen-bond donors (Lipinski definition) is 0. The molecule has 0 amide bonds. The molecule has 2 aromatic rings. The second kappa shape index (κ2) is 5.14. The molecular formula is C12H9ClO2S. The van der Waals surface area contributed by atoms with Crippen LogP contribution >= 0.6 is 22.9 Å². The Hall–Kier alpha value is -1.32. The molecule has 0 N–H and O–H groups in total. The summed E-state index contributed by atoms with van der Waals surface area (Å²) in [5.41, 5.74) is 0.935. The lowest BCUT2D eigenvalue weighted by atomic mass is 10.2. The number of hydrogen-bond acceptors (Lipinski definition) is 3. The van der Waals surface area contributed by atoms with Crippen molar-refractivity contribution >= 4 is 29.2 Å². The van der Waals surface area contributed by atoms with Crippen molar-refractivity contribution in [2.24, 2.45) is 0 Å². The van der Waals surface area contributed by atoms with Crippen LogP contribution in [0.1, 0.15) is 15.2 Å². The van der Waals surface area contributed by atoms with Crippen LogP contribution in [0, 0.1) is 0 Å². The zero-order valence-corrected chi connectivity index (χ0v) is 9.92. The molecule has 0 spiro atoms. The van der Waals surface area contributed by atoms with Crippen LogP contribution in [-0.2, 0) is 6.61 Å². The molecule has 1 aromatic carbocycles. The molecule has 82 valence electrons. The number of aldehydes is 1. The third-order valence-electron chi connectivity index (χ3n) is 2.05. The Morgan fingerprint density at radius 2 is 2.06 bits per heavy atom. The summed E-state index contributed by atoms with van der Waals surface area (Å²) >= 11 is 7.31. The molecule has 0 unspecified atom stereocenters. The molecular weight excluding hydrogens is 244 g/mol. The van der Waals surface area contributed by atoms with Crippen molar-refractivity contribution in [2.45, 2.75) is 6.61 Å². The minimum absolute atomic E-state index is 0.415. The summed E-state index contributed by atoms with van der Waals surface area (Å²) in [4.78, 5) is 11.1. The Bertz CT molecular complexity index is 493. The van der Waals surface area contributed by atoms with Crippen LogP contribution in [0.5, 0.6) is 5.06 Å². The summed E-state index contributed by atoms with van der Waals surface area (Å²) in [6.07, 6.45) is 0.813. The fraction of sp³-hybridized carbons (Fsp3) is 0.0833. The van der Waals surface area contributed by atoms with Crippen molar-refractivity contribution in [2.75, 3.05) is 0 Å². The van der Waals surface area contributed by atoms with Crippen LogP contribution in [0.2, 0.25) is 5.02 Å². The van der Waals surface area contributed by atoms with Crippen LogP contribution in [0.25, 0.3) is 0 Å². The van der Waals surface area contributed by atoms with Gasteiger partial charge < -0.3 is 4.74 Å². The zero-order valence-electron chi connectivity index (χ0n) is 8.35. The molecule has 0 aliphatic heterocycles. The number of benzene rings is 1. The third-order valence-corrected chi connectivity index (χ3v) is 3.34. The lowest BCUT2D eigenvalue weighted by molar-refractivity contribution is 0.112. The molecule has 4 heteroatoms. The zero-order chi connectivity index (χ0) is 11.4. The molecule has 16 heavy (non-hydrogen) atoms. The van der Waals surface area contributed by atoms with Crippen molar-refractivity contribution in [1.82, 2.24) is 0 Å². The van der Waals surface area contributed by atoms with Gasteiger partial charge >= 0.3 is 0 Å². The Labute approximate surface area is 102 Å². The number of carbonyl (C=O) groups excluding carboxylic acids is 1. The Morgan fingerprint density at radius 1 is 1.25 bits per heavy atom. The molecule has 0 saturated carbocycles. The molecule has 0 bridgehead atoms. The first kappa shape index (κ1) is 11.2. The SMILES string of the molecule is O=Cc1ccc(OCc2ccccc2Cl)s1. The maximum atomic E-state index is 10.5. The van der Waals surface area contributed by atoms with E-state index >= 15 is 0 Å². The predicted octanol–water partition coefficient (Wildman–Crippen LogP) is 3.79. The van der Waals surface area contributed by atoms with Gasteiger partial charge in [0.25, 0.3) is 0 Å². The summed E-state index contributed by atoms with van der Waals surface area (Å²) < 4.78 is 5.53. The van der Waals surface area contributed by atoms with Crippen LogP contribution < -0.4 is 4.74 Å². The van der Waals surface area contributed by atoms with E-state index in [1.165, 1.54) is 11.3 Å². The van der Waals surface area contributed by atoms with Crippen LogP contribution in [0.3, 0.4) is 0 Å². The number of ether oxygens (including phenoxy) is 1. The fourth-order valence-electron chi connectivity index (χ4n) is 1.24. The molecule has 1 heterocycles. The number of thiophene rings is 1. The van der Waals surface area contributed by atoms with Crippen LogP contribution in [-0.4, -0.2) is 6.29 Å². The normalized spacial score (nSPS) is 10.1. The van der Waals surface area contributed by atoms with E-state index in [4.69, 9.17) is 16.3 Å². The topological polar surface area (TPSA) is 26.3 Å². The lowest BCUT2D eigenvalue weighted by Gasteiger charge is -2.04. The Morgan fingerprint density at radius 3 is 2.75 bits per heavy atom. The van der Waals surface area contributed by atoms with Gasteiger partial charge in [-0.1, -0.05) is 41.1 Å². The summed E-state index contributed by atoms with van der Waals surface area (Å²) in [7, 11) is 0. The first-order chi connectivity index (χ1) is 7.79. The van der Waals surface area contributed by atoms with Crippen molar-refractivity contribution in [1.29, 1.82) is 0 Å². The van der Waals surface area contributed by atoms with Gasteiger partial charge in [-0.15, -0.1) is 0 Å². The summed E-state index contributed by atoms with van der Waals surface area (Å²) in [6.45, 7) is 0.415. The van der Waals surface area contributed by atoms with Crippen LogP contribution in [0.4, 0.5) is 0 Å². The number of carbonyl (C=O) groups is 1. The highest BCUT2D eigenvalue weighted by atomic mass is 35.5. The van der Waals surface area contributed by atoms with E-state index in [-0.39, 0.29) is 0 Å². The summed E-state index contributed by atoms with van der Waals surface area (Å²) in [5.74, 6) is 0. The maximum Gasteiger partial charge on any atom is 0.174 e. The highest BCUT2D eigenvalue weighted by Gasteiger charge is 2.02. The van der Waals surface area contributed by atoms with Gasteiger partial charge in [0.2, 0.25) is 0 Å². The standard InChI is InChI=1S/C12H9ClO2S/c13-11-4-2-1-3-9(11)8-15-12-6-5-10(7-14)16-12/h1-7H,8H2. The van der Waals surface area contributed by atoms with E-state index in [9.17, 15) is 4.79 Å². The molecule has 1 aromatic heterocycles. The van der Waals surface area contributed by atoms with E-state index in [0.717, 1.165) is 16.9 Å². The molecule has 0 radical (unpaired) electrons. The van der Waals surface area contributed by atoms with Gasteiger partial charge in [0, 0.05) is 10.6 Å². The van der Waals surface area contributed by atoms with E-state index < -0.39 is 0 Å². The summed E-state index contributed by atoms with van der Waals surface area (Å²) in [5, 5.41) is 1.41. The van der Waals surface area contributed by atoms with E-state index in [2.05, 4.69) is 0 Å². The predicted molar refractivity (Wildman–Crippen MR) is 65.5 cm³/mol. The maximum absolute atomic E-state index is 10.5. The number of rotatable bonds is 4. The largest absolute Gasteiger partial charge is 0.479 e. The second-order valence-corrected chi connectivity index (χ2v) is 4.64. The molecule has 0 saturated heterocycles. The molecule has 2 nitrogen and oxygen atoms in total. The van der Waals surface area contributed by atoms with Crippen molar-refractivity contribution in [3.8, 4) is 5.06 Å².